The minimum absolute atomic E-state index is 0.756. The molecule has 0 radical (unpaired) electrons. The molecule has 0 saturated heterocycles. The van der Waals surface area contributed by atoms with Crippen LogP contribution in [0.5, 0.6) is 0 Å². The molecule has 0 aliphatic rings. The monoisotopic (exact) mass is 395 g/mol. The molecule has 0 fully saturated rings. The third kappa shape index (κ3) is 4.32. The first-order chi connectivity index (χ1) is 13.7. The third-order valence-electron chi connectivity index (χ3n) is 4.72. The van der Waals surface area contributed by atoms with Gasteiger partial charge in [0.2, 0.25) is 0 Å². The topological polar surface area (TPSA) is 67.6 Å². The number of H-pyrrole nitrogens is 1. The standard InChI is InChI=1S/C20H22ClN7/c1-26-19(5-6-24-26)20-17(12-23-25-20)14-28(10-9-27-8-7-22-15-27)13-16-3-2-4-18(21)11-16/h2-8,11-12,15H,9-10,13-14H2,1H3,(H,23,25). The van der Waals surface area contributed by atoms with Crippen LogP contribution in [0.25, 0.3) is 11.4 Å². The number of rotatable bonds is 8. The number of nitrogens with one attached hydrogen (secondary N) is 1. The molecule has 0 bridgehead atoms. The summed E-state index contributed by atoms with van der Waals surface area (Å²) in [5, 5.41) is 12.4. The fourth-order valence-electron chi connectivity index (χ4n) is 3.30. The molecule has 0 atom stereocenters. The smallest absolute Gasteiger partial charge is 0.0946 e. The Morgan fingerprint density at radius 1 is 1.18 bits per heavy atom. The Hall–Kier alpha value is -2.90. The molecule has 0 amide bonds. The van der Waals surface area contributed by atoms with Gasteiger partial charge in [0.15, 0.2) is 0 Å². The van der Waals surface area contributed by atoms with Crippen molar-refractivity contribution in [3.05, 3.63) is 77.6 Å². The number of aromatic nitrogens is 6. The number of hydrogen-bond donors (Lipinski definition) is 1. The second-order valence-corrected chi connectivity index (χ2v) is 7.19. The average molecular weight is 396 g/mol. The number of nitrogens with zero attached hydrogens (tertiary/aromatic N) is 6. The van der Waals surface area contributed by atoms with E-state index in [9.17, 15) is 0 Å². The second-order valence-electron chi connectivity index (χ2n) is 6.75. The van der Waals surface area contributed by atoms with Gasteiger partial charge in [-0.25, -0.2) is 4.98 Å². The summed E-state index contributed by atoms with van der Waals surface area (Å²) in [6.45, 7) is 3.29. The quantitative estimate of drug-likeness (QED) is 0.496. The molecule has 1 aromatic carbocycles. The molecule has 0 unspecified atom stereocenters. The molecule has 4 aromatic rings. The highest BCUT2D eigenvalue weighted by molar-refractivity contribution is 6.30. The van der Waals surface area contributed by atoms with Crippen LogP contribution in [0, 0.1) is 0 Å². The number of aryl methyl sites for hydroxylation is 1. The fourth-order valence-corrected chi connectivity index (χ4v) is 3.51. The van der Waals surface area contributed by atoms with E-state index < -0.39 is 0 Å². The van der Waals surface area contributed by atoms with Crippen molar-refractivity contribution in [2.24, 2.45) is 7.05 Å². The van der Waals surface area contributed by atoms with Crippen molar-refractivity contribution < 1.29 is 0 Å². The van der Waals surface area contributed by atoms with Crippen LogP contribution >= 0.6 is 11.6 Å². The van der Waals surface area contributed by atoms with Crippen molar-refractivity contribution in [2.75, 3.05) is 6.54 Å². The lowest BCUT2D eigenvalue weighted by molar-refractivity contribution is 0.246. The van der Waals surface area contributed by atoms with Gasteiger partial charge in [0.1, 0.15) is 0 Å². The normalized spacial score (nSPS) is 11.4. The fraction of sp³-hybridized carbons (Fsp3) is 0.250. The van der Waals surface area contributed by atoms with E-state index in [2.05, 4.69) is 35.8 Å². The van der Waals surface area contributed by atoms with Crippen molar-refractivity contribution in [3.63, 3.8) is 0 Å². The molecule has 7 nitrogen and oxygen atoms in total. The van der Waals surface area contributed by atoms with E-state index in [4.69, 9.17) is 11.6 Å². The molecule has 3 heterocycles. The minimum Gasteiger partial charge on any atom is -0.336 e. The van der Waals surface area contributed by atoms with E-state index in [1.54, 1.807) is 12.4 Å². The molecule has 8 heteroatoms. The molecule has 0 aliphatic carbocycles. The molecule has 3 aromatic heterocycles. The Morgan fingerprint density at radius 2 is 2.11 bits per heavy atom. The minimum atomic E-state index is 0.756. The second kappa shape index (κ2) is 8.41. The zero-order chi connectivity index (χ0) is 19.3. The van der Waals surface area contributed by atoms with Crippen LogP contribution < -0.4 is 0 Å². The Balaban J connectivity index is 1.55. The molecule has 0 spiro atoms. The van der Waals surface area contributed by atoms with Crippen LogP contribution in [0.1, 0.15) is 11.1 Å². The Morgan fingerprint density at radius 3 is 2.86 bits per heavy atom. The van der Waals surface area contributed by atoms with Gasteiger partial charge in [0.25, 0.3) is 0 Å². The maximum absolute atomic E-state index is 6.18. The van der Waals surface area contributed by atoms with E-state index in [1.807, 2.05) is 54.7 Å². The van der Waals surface area contributed by atoms with Gasteiger partial charge in [0, 0.05) is 62.4 Å². The van der Waals surface area contributed by atoms with E-state index in [1.165, 1.54) is 5.56 Å². The molecule has 0 aliphatic heterocycles. The highest BCUT2D eigenvalue weighted by atomic mass is 35.5. The van der Waals surface area contributed by atoms with E-state index in [0.717, 1.165) is 48.2 Å². The van der Waals surface area contributed by atoms with Crippen molar-refractivity contribution in [1.29, 1.82) is 0 Å². The van der Waals surface area contributed by atoms with Gasteiger partial charge in [-0.15, -0.1) is 0 Å². The van der Waals surface area contributed by atoms with Crippen molar-refractivity contribution in [2.45, 2.75) is 19.6 Å². The molecule has 1 N–H and O–H groups in total. The molecular weight excluding hydrogens is 374 g/mol. The largest absolute Gasteiger partial charge is 0.336 e. The summed E-state index contributed by atoms with van der Waals surface area (Å²) >= 11 is 6.18. The van der Waals surface area contributed by atoms with Crippen LogP contribution in [-0.4, -0.2) is 41.0 Å². The summed E-state index contributed by atoms with van der Waals surface area (Å²) < 4.78 is 3.94. The van der Waals surface area contributed by atoms with Crippen molar-refractivity contribution in [1.82, 2.24) is 34.4 Å². The van der Waals surface area contributed by atoms with Gasteiger partial charge in [-0.1, -0.05) is 23.7 Å². The average Bonchev–Trinajstić information content (AvgIpc) is 3.42. The third-order valence-corrected chi connectivity index (χ3v) is 4.95. The van der Waals surface area contributed by atoms with Crippen molar-refractivity contribution >= 4 is 11.6 Å². The molecule has 144 valence electrons. The first kappa shape index (κ1) is 18.5. The summed E-state index contributed by atoms with van der Waals surface area (Å²) in [5.41, 5.74) is 4.34. The summed E-state index contributed by atoms with van der Waals surface area (Å²) in [5.74, 6) is 0. The lowest BCUT2D eigenvalue weighted by Crippen LogP contribution is -2.27. The van der Waals surface area contributed by atoms with Crippen LogP contribution in [-0.2, 0) is 26.7 Å². The van der Waals surface area contributed by atoms with Gasteiger partial charge in [-0.2, -0.15) is 10.2 Å². The number of halogens is 1. The lowest BCUT2D eigenvalue weighted by atomic mass is 10.1. The number of imidazole rings is 1. The number of benzene rings is 1. The molecule has 4 rings (SSSR count). The highest BCUT2D eigenvalue weighted by Crippen LogP contribution is 2.22. The summed E-state index contributed by atoms with van der Waals surface area (Å²) in [6, 6.07) is 10.0. The predicted molar refractivity (Wildman–Crippen MR) is 109 cm³/mol. The predicted octanol–water partition coefficient (Wildman–Crippen LogP) is 3.36. The van der Waals surface area contributed by atoms with E-state index in [0.29, 0.717) is 0 Å². The van der Waals surface area contributed by atoms with Crippen LogP contribution in [0.15, 0.2) is 61.4 Å². The Kier molecular flexibility index (Phi) is 5.55. The summed E-state index contributed by atoms with van der Waals surface area (Å²) in [6.07, 6.45) is 9.32. The lowest BCUT2D eigenvalue weighted by Gasteiger charge is -2.23. The van der Waals surface area contributed by atoms with Crippen LogP contribution in [0.4, 0.5) is 0 Å². The maximum atomic E-state index is 6.18. The molecule has 0 saturated carbocycles. The van der Waals surface area contributed by atoms with E-state index in [-0.39, 0.29) is 0 Å². The van der Waals surface area contributed by atoms with Crippen LogP contribution in [0.2, 0.25) is 5.02 Å². The zero-order valence-electron chi connectivity index (χ0n) is 15.7. The van der Waals surface area contributed by atoms with Gasteiger partial charge in [-0.05, 0) is 23.8 Å². The highest BCUT2D eigenvalue weighted by Gasteiger charge is 2.15. The SMILES string of the molecule is Cn1nccc1-c1[nH]ncc1CN(CCn1ccnc1)Cc1cccc(Cl)c1. The van der Waals surface area contributed by atoms with Gasteiger partial charge in [0.05, 0.1) is 23.9 Å². The van der Waals surface area contributed by atoms with Crippen LogP contribution in [0.3, 0.4) is 0 Å². The number of hydrogen-bond acceptors (Lipinski definition) is 4. The Labute approximate surface area is 168 Å². The van der Waals surface area contributed by atoms with Gasteiger partial charge >= 0.3 is 0 Å². The summed E-state index contributed by atoms with van der Waals surface area (Å²) in [7, 11) is 1.93. The molecule has 28 heavy (non-hydrogen) atoms. The first-order valence-corrected chi connectivity index (χ1v) is 9.50. The number of aromatic amines is 1. The maximum Gasteiger partial charge on any atom is 0.0946 e. The van der Waals surface area contributed by atoms with Gasteiger partial charge in [-0.3, -0.25) is 14.7 Å². The summed E-state index contributed by atoms with van der Waals surface area (Å²) in [4.78, 5) is 6.52. The first-order valence-electron chi connectivity index (χ1n) is 9.12. The van der Waals surface area contributed by atoms with Gasteiger partial charge < -0.3 is 4.57 Å². The van der Waals surface area contributed by atoms with Crippen molar-refractivity contribution in [3.8, 4) is 11.4 Å². The van der Waals surface area contributed by atoms with E-state index >= 15 is 0 Å². The Bertz CT molecular complexity index is 1020. The zero-order valence-corrected chi connectivity index (χ0v) is 16.4. The molecular formula is C20H22ClN7.